The van der Waals surface area contributed by atoms with Crippen molar-refractivity contribution in [1.29, 1.82) is 0 Å². The van der Waals surface area contributed by atoms with Crippen LogP contribution in [0.15, 0.2) is 54.6 Å². The van der Waals surface area contributed by atoms with Gasteiger partial charge in [-0.15, -0.1) is 0 Å². The van der Waals surface area contributed by atoms with Crippen molar-refractivity contribution in [3.63, 3.8) is 0 Å². The number of carbonyl (C=O) groups excluding carboxylic acids is 2. The normalized spacial score (nSPS) is 13.1. The van der Waals surface area contributed by atoms with Gasteiger partial charge in [0.05, 0.1) is 11.9 Å². The molecular weight excluding hydrogens is 438 g/mol. The van der Waals surface area contributed by atoms with Crippen LogP contribution < -0.4 is 9.62 Å². The van der Waals surface area contributed by atoms with Gasteiger partial charge in [-0.05, 0) is 50.8 Å². The van der Waals surface area contributed by atoms with Crippen molar-refractivity contribution in [2.45, 2.75) is 52.6 Å². The Kier molecular flexibility index (Phi) is 9.46. The van der Waals surface area contributed by atoms with E-state index >= 15 is 0 Å². The Bertz CT molecular complexity index is 1040. The van der Waals surface area contributed by atoms with Crippen LogP contribution in [0.3, 0.4) is 0 Å². The first-order valence-electron chi connectivity index (χ1n) is 11.2. The van der Waals surface area contributed by atoms with Crippen molar-refractivity contribution >= 4 is 27.5 Å². The molecule has 0 saturated carbocycles. The summed E-state index contributed by atoms with van der Waals surface area (Å²) >= 11 is 0. The largest absolute Gasteiger partial charge is 0.352 e. The number of sulfonamides is 1. The Hall–Kier alpha value is -2.87. The van der Waals surface area contributed by atoms with Gasteiger partial charge < -0.3 is 10.2 Å². The molecule has 0 spiro atoms. The van der Waals surface area contributed by atoms with E-state index in [0.717, 1.165) is 28.1 Å². The molecule has 0 radical (unpaired) electrons. The van der Waals surface area contributed by atoms with Crippen molar-refractivity contribution in [1.82, 2.24) is 10.2 Å². The number of nitrogens with zero attached hydrogens (tertiary/aromatic N) is 2. The van der Waals surface area contributed by atoms with Crippen molar-refractivity contribution in [2.24, 2.45) is 0 Å². The molecule has 1 N–H and O–H groups in total. The summed E-state index contributed by atoms with van der Waals surface area (Å²) in [7, 11) is -3.72. The second kappa shape index (κ2) is 11.8. The lowest BCUT2D eigenvalue weighted by atomic mass is 10.1. The van der Waals surface area contributed by atoms with Crippen LogP contribution in [0.5, 0.6) is 0 Å². The number of amides is 2. The van der Waals surface area contributed by atoms with E-state index in [2.05, 4.69) is 5.32 Å². The molecule has 0 aliphatic rings. The predicted octanol–water partition coefficient (Wildman–Crippen LogP) is 3.14. The molecular formula is C25H35N3O4S. The van der Waals surface area contributed by atoms with E-state index in [1.807, 2.05) is 50.2 Å². The molecule has 8 heteroatoms. The van der Waals surface area contributed by atoms with Crippen molar-refractivity contribution in [3.05, 3.63) is 65.7 Å². The summed E-state index contributed by atoms with van der Waals surface area (Å²) in [5.41, 5.74) is 2.23. The van der Waals surface area contributed by atoms with Crippen LogP contribution in [-0.4, -0.2) is 56.6 Å². The lowest BCUT2D eigenvalue weighted by Crippen LogP contribution is -2.53. The minimum absolute atomic E-state index is 0.0227. The first kappa shape index (κ1) is 26.4. The summed E-state index contributed by atoms with van der Waals surface area (Å²) in [6, 6.07) is 15.9. The number of rotatable bonds is 11. The number of aryl methyl sites for hydroxylation is 1. The van der Waals surface area contributed by atoms with Crippen LogP contribution in [-0.2, 0) is 26.0 Å². The van der Waals surface area contributed by atoms with Crippen LogP contribution in [0.4, 0.5) is 5.69 Å². The monoisotopic (exact) mass is 473 g/mol. The van der Waals surface area contributed by atoms with Crippen LogP contribution in [0.2, 0.25) is 0 Å². The molecule has 0 aromatic heterocycles. The van der Waals surface area contributed by atoms with Gasteiger partial charge in [0.1, 0.15) is 12.6 Å². The number of carbonyl (C=O) groups is 2. The molecule has 2 rings (SSSR count). The van der Waals surface area contributed by atoms with Crippen LogP contribution >= 0.6 is 0 Å². The number of benzene rings is 2. The number of para-hydroxylation sites is 1. The van der Waals surface area contributed by atoms with Gasteiger partial charge >= 0.3 is 0 Å². The molecule has 0 heterocycles. The van der Waals surface area contributed by atoms with E-state index in [1.54, 1.807) is 32.0 Å². The third-order valence-electron chi connectivity index (χ3n) is 5.72. The van der Waals surface area contributed by atoms with Gasteiger partial charge in [-0.3, -0.25) is 13.9 Å². The number of hydrogen-bond donors (Lipinski definition) is 1. The zero-order valence-electron chi connectivity index (χ0n) is 20.1. The molecule has 0 fully saturated rings. The van der Waals surface area contributed by atoms with E-state index in [-0.39, 0.29) is 18.5 Å². The van der Waals surface area contributed by atoms with Crippen LogP contribution in [0.1, 0.15) is 38.3 Å². The molecule has 2 aromatic carbocycles. The Balaban J connectivity index is 2.31. The average Bonchev–Trinajstić information content (AvgIpc) is 2.77. The topological polar surface area (TPSA) is 86.8 Å². The Morgan fingerprint density at radius 3 is 2.18 bits per heavy atom. The standard InChI is InChI=1S/C25H35N3O4S/c1-6-20(3)26-25(30)21(4)27(17-16-22-13-8-7-9-14-22)24(29)18-28(33(5,31)32)23-15-11-10-12-19(23)2/h7-15,20-21H,6,16-18H2,1-5H3,(H,26,30). The lowest BCUT2D eigenvalue weighted by Gasteiger charge is -2.32. The summed E-state index contributed by atoms with van der Waals surface area (Å²) in [6.07, 6.45) is 2.41. The van der Waals surface area contributed by atoms with Crippen LogP contribution in [0, 0.1) is 6.92 Å². The minimum atomic E-state index is -3.72. The third kappa shape index (κ3) is 7.60. The highest BCUT2D eigenvalue weighted by Crippen LogP contribution is 2.22. The molecule has 2 aromatic rings. The highest BCUT2D eigenvalue weighted by molar-refractivity contribution is 7.92. The molecule has 7 nitrogen and oxygen atoms in total. The molecule has 0 bridgehead atoms. The molecule has 0 saturated heterocycles. The third-order valence-corrected chi connectivity index (χ3v) is 6.84. The second-order valence-electron chi connectivity index (χ2n) is 8.37. The van der Waals surface area contributed by atoms with E-state index in [4.69, 9.17) is 0 Å². The van der Waals surface area contributed by atoms with Gasteiger partial charge in [0.25, 0.3) is 0 Å². The minimum Gasteiger partial charge on any atom is -0.352 e. The van der Waals surface area contributed by atoms with E-state index in [9.17, 15) is 18.0 Å². The number of hydrogen-bond acceptors (Lipinski definition) is 4. The zero-order chi connectivity index (χ0) is 24.6. The van der Waals surface area contributed by atoms with E-state index < -0.39 is 22.0 Å². The number of nitrogens with one attached hydrogen (secondary N) is 1. The zero-order valence-corrected chi connectivity index (χ0v) is 20.9. The summed E-state index contributed by atoms with van der Waals surface area (Å²) in [5, 5.41) is 2.92. The van der Waals surface area contributed by atoms with E-state index in [0.29, 0.717) is 18.7 Å². The highest BCUT2D eigenvalue weighted by Gasteiger charge is 2.30. The average molecular weight is 474 g/mol. The van der Waals surface area contributed by atoms with Crippen LogP contribution in [0.25, 0.3) is 0 Å². The highest BCUT2D eigenvalue weighted by atomic mass is 32.2. The molecule has 0 aliphatic heterocycles. The fourth-order valence-corrected chi connectivity index (χ4v) is 4.38. The smallest absolute Gasteiger partial charge is 0.244 e. The van der Waals surface area contributed by atoms with Gasteiger partial charge in [-0.2, -0.15) is 0 Å². The molecule has 2 amide bonds. The molecule has 2 atom stereocenters. The fraction of sp³-hybridized carbons (Fsp3) is 0.440. The van der Waals surface area contributed by atoms with Gasteiger partial charge in [0, 0.05) is 12.6 Å². The maximum absolute atomic E-state index is 13.4. The van der Waals surface area contributed by atoms with Gasteiger partial charge in [-0.25, -0.2) is 8.42 Å². The molecule has 0 aliphatic carbocycles. The molecule has 33 heavy (non-hydrogen) atoms. The Labute approximate surface area is 197 Å². The molecule has 180 valence electrons. The van der Waals surface area contributed by atoms with Gasteiger partial charge in [0.15, 0.2) is 0 Å². The lowest BCUT2D eigenvalue weighted by molar-refractivity contribution is -0.139. The van der Waals surface area contributed by atoms with Gasteiger partial charge in [0.2, 0.25) is 21.8 Å². The van der Waals surface area contributed by atoms with Crippen molar-refractivity contribution in [2.75, 3.05) is 23.7 Å². The summed E-state index contributed by atoms with van der Waals surface area (Å²) < 4.78 is 26.3. The van der Waals surface area contributed by atoms with E-state index in [1.165, 1.54) is 4.90 Å². The Morgan fingerprint density at radius 2 is 1.61 bits per heavy atom. The number of anilines is 1. The van der Waals surface area contributed by atoms with Crippen molar-refractivity contribution in [3.8, 4) is 0 Å². The molecule has 2 unspecified atom stereocenters. The summed E-state index contributed by atoms with van der Waals surface area (Å²) in [6.45, 7) is 7.28. The van der Waals surface area contributed by atoms with Gasteiger partial charge in [-0.1, -0.05) is 55.5 Å². The quantitative estimate of drug-likeness (QED) is 0.543. The first-order valence-corrected chi connectivity index (χ1v) is 13.1. The predicted molar refractivity (Wildman–Crippen MR) is 133 cm³/mol. The summed E-state index contributed by atoms with van der Waals surface area (Å²) in [4.78, 5) is 27.8. The Morgan fingerprint density at radius 1 is 1.00 bits per heavy atom. The second-order valence-corrected chi connectivity index (χ2v) is 10.3. The maximum Gasteiger partial charge on any atom is 0.244 e. The van der Waals surface area contributed by atoms with Crippen molar-refractivity contribution < 1.29 is 18.0 Å². The first-order chi connectivity index (χ1) is 15.5. The maximum atomic E-state index is 13.4. The summed E-state index contributed by atoms with van der Waals surface area (Å²) in [5.74, 6) is -0.682. The fourth-order valence-electron chi connectivity index (χ4n) is 3.47. The SMILES string of the molecule is CCC(C)NC(=O)C(C)N(CCc1ccccc1)C(=O)CN(c1ccccc1C)S(C)(=O)=O.